The maximum Gasteiger partial charge on any atom is 0.346 e. The van der Waals surface area contributed by atoms with E-state index >= 15 is 0 Å². The monoisotopic (exact) mass is 325 g/mol. The molecule has 0 aromatic heterocycles. The van der Waals surface area contributed by atoms with Crippen LogP contribution in [0.2, 0.25) is 0 Å². The van der Waals surface area contributed by atoms with Crippen molar-refractivity contribution >= 4 is 53.4 Å². The first kappa shape index (κ1) is 22.9. The standard InChI is InChI=1S/C13H18O8.Na/c1-4-19-11(16)8(7-9(14)15)10(12(17)20-5-2)13(18)21-6-3;/h4-7H2,1-3H3,(H,14,15);. The quantitative estimate of drug-likeness (QED) is 0.166. The molecule has 1 N–H and O–H groups in total. The maximum atomic E-state index is 11.8. The second kappa shape index (κ2) is 12.2. The van der Waals surface area contributed by atoms with Crippen LogP contribution in [0.3, 0.4) is 0 Å². The summed E-state index contributed by atoms with van der Waals surface area (Å²) in [6.07, 6.45) is -0.855. The Kier molecular flexibility index (Phi) is 12.7. The van der Waals surface area contributed by atoms with Gasteiger partial charge in [0, 0.05) is 29.6 Å². The SMILES string of the molecule is CCOC(=O)C(CC(=O)O)=C(C(=O)OCC)C(=O)OCC.[Na]. The van der Waals surface area contributed by atoms with Gasteiger partial charge in [0.25, 0.3) is 0 Å². The van der Waals surface area contributed by atoms with Crippen LogP contribution in [0.5, 0.6) is 0 Å². The third kappa shape index (κ3) is 7.58. The minimum absolute atomic E-state index is 0. The number of rotatable bonds is 8. The van der Waals surface area contributed by atoms with Crippen LogP contribution < -0.4 is 0 Å². The van der Waals surface area contributed by atoms with E-state index in [1.54, 1.807) is 0 Å². The Hall–Kier alpha value is -1.38. The minimum atomic E-state index is -1.40. The summed E-state index contributed by atoms with van der Waals surface area (Å²) in [5.41, 5.74) is -1.35. The zero-order chi connectivity index (χ0) is 16.4. The molecule has 0 atom stereocenters. The molecule has 0 rings (SSSR count). The second-order valence-corrected chi connectivity index (χ2v) is 3.59. The first-order valence-corrected chi connectivity index (χ1v) is 6.35. The molecule has 119 valence electrons. The molecule has 0 aromatic carbocycles. The van der Waals surface area contributed by atoms with E-state index in [4.69, 9.17) is 5.11 Å². The van der Waals surface area contributed by atoms with Crippen molar-refractivity contribution < 1.29 is 38.5 Å². The molecule has 1 radical (unpaired) electrons. The summed E-state index contributed by atoms with van der Waals surface area (Å²) in [5.74, 6) is -4.72. The van der Waals surface area contributed by atoms with Gasteiger partial charge < -0.3 is 19.3 Å². The van der Waals surface area contributed by atoms with Crippen molar-refractivity contribution in [2.45, 2.75) is 27.2 Å². The van der Waals surface area contributed by atoms with Gasteiger partial charge in [0.15, 0.2) is 5.57 Å². The summed E-state index contributed by atoms with van der Waals surface area (Å²) in [4.78, 5) is 46.2. The third-order valence-corrected chi connectivity index (χ3v) is 2.11. The number of carbonyl (C=O) groups is 4. The van der Waals surface area contributed by atoms with Crippen LogP contribution in [-0.4, -0.2) is 78.4 Å². The van der Waals surface area contributed by atoms with E-state index in [1.807, 2.05) is 0 Å². The first-order valence-electron chi connectivity index (χ1n) is 6.35. The Morgan fingerprint density at radius 3 is 1.45 bits per heavy atom. The molecule has 8 nitrogen and oxygen atoms in total. The van der Waals surface area contributed by atoms with Crippen LogP contribution in [0.15, 0.2) is 11.1 Å². The van der Waals surface area contributed by atoms with Gasteiger partial charge in [-0.05, 0) is 20.8 Å². The van der Waals surface area contributed by atoms with Crippen LogP contribution in [0.4, 0.5) is 0 Å². The zero-order valence-electron chi connectivity index (χ0n) is 13.1. The molecule has 22 heavy (non-hydrogen) atoms. The molecule has 0 heterocycles. The summed E-state index contributed by atoms with van der Waals surface area (Å²) in [6, 6.07) is 0. The Morgan fingerprint density at radius 1 is 0.773 bits per heavy atom. The van der Waals surface area contributed by atoms with Crippen LogP contribution in [0.1, 0.15) is 27.2 Å². The number of carbonyl (C=O) groups excluding carboxylic acids is 3. The minimum Gasteiger partial charge on any atom is -0.481 e. The number of hydrogen-bond donors (Lipinski definition) is 1. The number of aliphatic carboxylic acids is 1. The topological polar surface area (TPSA) is 116 Å². The van der Waals surface area contributed by atoms with E-state index in [1.165, 1.54) is 20.8 Å². The molecule has 0 spiro atoms. The van der Waals surface area contributed by atoms with Gasteiger partial charge in [0.2, 0.25) is 0 Å². The van der Waals surface area contributed by atoms with Crippen LogP contribution in [0, 0.1) is 0 Å². The molecule has 0 unspecified atom stereocenters. The first-order chi connectivity index (χ1) is 9.88. The fraction of sp³-hybridized carbons (Fsp3) is 0.538. The van der Waals surface area contributed by atoms with Crippen LogP contribution >= 0.6 is 0 Å². The molecule has 0 saturated carbocycles. The van der Waals surface area contributed by atoms with Crippen LogP contribution in [-0.2, 0) is 33.4 Å². The molecule has 0 aliphatic rings. The van der Waals surface area contributed by atoms with Gasteiger partial charge >= 0.3 is 23.9 Å². The van der Waals surface area contributed by atoms with E-state index in [0.717, 1.165) is 0 Å². The molecular formula is C13H18NaO8. The van der Waals surface area contributed by atoms with Crippen molar-refractivity contribution in [2.24, 2.45) is 0 Å². The summed E-state index contributed by atoms with van der Waals surface area (Å²) < 4.78 is 14.0. The molecule has 0 aliphatic heterocycles. The third-order valence-electron chi connectivity index (χ3n) is 2.11. The van der Waals surface area contributed by atoms with Gasteiger partial charge in [-0.1, -0.05) is 0 Å². The van der Waals surface area contributed by atoms with E-state index < -0.39 is 41.4 Å². The largest absolute Gasteiger partial charge is 0.481 e. The Bertz CT molecular complexity index is 435. The fourth-order valence-corrected chi connectivity index (χ4v) is 1.37. The van der Waals surface area contributed by atoms with E-state index in [9.17, 15) is 19.2 Å². The zero-order valence-corrected chi connectivity index (χ0v) is 15.1. The van der Waals surface area contributed by atoms with Gasteiger partial charge in [-0.25, -0.2) is 14.4 Å². The van der Waals surface area contributed by atoms with Gasteiger partial charge in [0.05, 0.1) is 31.8 Å². The summed E-state index contributed by atoms with van der Waals surface area (Å²) in [5, 5.41) is 8.83. The van der Waals surface area contributed by atoms with E-state index in [2.05, 4.69) is 14.2 Å². The van der Waals surface area contributed by atoms with Crippen molar-refractivity contribution in [1.29, 1.82) is 0 Å². The van der Waals surface area contributed by atoms with Gasteiger partial charge in [-0.3, -0.25) is 4.79 Å². The number of esters is 3. The van der Waals surface area contributed by atoms with Gasteiger partial charge in [-0.2, -0.15) is 0 Å². The Balaban J connectivity index is 0. The summed E-state index contributed by atoms with van der Waals surface area (Å²) in [7, 11) is 0. The van der Waals surface area contributed by atoms with Crippen molar-refractivity contribution in [3.8, 4) is 0 Å². The van der Waals surface area contributed by atoms with Gasteiger partial charge in [-0.15, -0.1) is 0 Å². The molecule has 0 amide bonds. The molecule has 0 fully saturated rings. The second-order valence-electron chi connectivity index (χ2n) is 3.59. The average molecular weight is 325 g/mol. The normalized spacial score (nSPS) is 9.05. The maximum absolute atomic E-state index is 11.8. The number of carboxylic acids is 1. The molecule has 0 bridgehead atoms. The molecule has 0 aromatic rings. The molecule has 0 aliphatic carbocycles. The number of ether oxygens (including phenoxy) is 3. The molecular weight excluding hydrogens is 307 g/mol. The average Bonchev–Trinajstić information content (AvgIpc) is 2.38. The predicted octanol–water partition coefficient (Wildman–Crippen LogP) is 0.0662. The summed E-state index contributed by atoms with van der Waals surface area (Å²) in [6.45, 7) is 4.37. The molecule has 0 saturated heterocycles. The van der Waals surface area contributed by atoms with Crippen molar-refractivity contribution in [3.63, 3.8) is 0 Å². The van der Waals surface area contributed by atoms with Crippen molar-refractivity contribution in [2.75, 3.05) is 19.8 Å². The molecule has 9 heteroatoms. The fourth-order valence-electron chi connectivity index (χ4n) is 1.37. The van der Waals surface area contributed by atoms with Crippen molar-refractivity contribution in [3.05, 3.63) is 11.1 Å². The summed E-state index contributed by atoms with van der Waals surface area (Å²) >= 11 is 0. The van der Waals surface area contributed by atoms with Gasteiger partial charge in [0.1, 0.15) is 0 Å². The Labute approximate surface area is 150 Å². The van der Waals surface area contributed by atoms with E-state index in [-0.39, 0.29) is 49.4 Å². The Morgan fingerprint density at radius 2 is 1.14 bits per heavy atom. The van der Waals surface area contributed by atoms with Crippen LogP contribution in [0.25, 0.3) is 0 Å². The van der Waals surface area contributed by atoms with E-state index in [0.29, 0.717) is 0 Å². The number of hydrogen-bond acceptors (Lipinski definition) is 7. The van der Waals surface area contributed by atoms with Crippen molar-refractivity contribution in [1.82, 2.24) is 0 Å². The predicted molar refractivity (Wildman–Crippen MR) is 74.9 cm³/mol. The number of carboxylic acid groups (broad SMARTS) is 1. The smallest absolute Gasteiger partial charge is 0.346 e.